The molecule has 0 nitrogen and oxygen atoms in total. The average molecular weight is 331 g/mol. The van der Waals surface area contributed by atoms with E-state index in [9.17, 15) is 0 Å². The standard InChI is InChI=1S/C24H42/c1-3-5-6-10-22-17-19-24(20-18-22)12-8-7-11-23-15-13-21(9-4-2)14-16-23/h6-8,10,21-24H,3-5,9,11-20H2,1-2H3/b8-7-,10-6+/t21-,22-,23-,24-. The molecule has 2 aliphatic rings. The lowest BCUT2D eigenvalue weighted by atomic mass is 9.78. The van der Waals surface area contributed by atoms with Crippen molar-refractivity contribution in [3.63, 3.8) is 0 Å². The Hall–Kier alpha value is -0.520. The van der Waals surface area contributed by atoms with Crippen LogP contribution in [0, 0.1) is 23.7 Å². The third kappa shape index (κ3) is 7.58. The van der Waals surface area contributed by atoms with E-state index in [2.05, 4.69) is 38.2 Å². The fraction of sp³-hybridized carbons (Fsp3) is 0.833. The summed E-state index contributed by atoms with van der Waals surface area (Å²) in [6, 6.07) is 0. The van der Waals surface area contributed by atoms with Gasteiger partial charge in [0.05, 0.1) is 0 Å². The van der Waals surface area contributed by atoms with E-state index in [-0.39, 0.29) is 0 Å². The van der Waals surface area contributed by atoms with Gasteiger partial charge in [0.15, 0.2) is 0 Å². The molecule has 2 saturated carbocycles. The maximum absolute atomic E-state index is 2.53. The molecule has 0 amide bonds. The van der Waals surface area contributed by atoms with Crippen molar-refractivity contribution < 1.29 is 0 Å². The first-order valence-corrected chi connectivity index (χ1v) is 11.1. The van der Waals surface area contributed by atoms with Gasteiger partial charge in [-0.2, -0.15) is 0 Å². The van der Waals surface area contributed by atoms with Gasteiger partial charge in [0, 0.05) is 0 Å². The summed E-state index contributed by atoms with van der Waals surface area (Å²) < 4.78 is 0. The normalized spacial score (nSPS) is 31.9. The summed E-state index contributed by atoms with van der Waals surface area (Å²) in [4.78, 5) is 0. The zero-order chi connectivity index (χ0) is 17.0. The molecule has 2 rings (SSSR count). The van der Waals surface area contributed by atoms with Crippen molar-refractivity contribution in [2.75, 3.05) is 0 Å². The van der Waals surface area contributed by atoms with Crippen LogP contribution in [0.25, 0.3) is 0 Å². The highest BCUT2D eigenvalue weighted by Gasteiger charge is 2.20. The van der Waals surface area contributed by atoms with Crippen LogP contribution in [0.1, 0.15) is 104 Å². The van der Waals surface area contributed by atoms with Gasteiger partial charge in [-0.3, -0.25) is 0 Å². The Labute approximate surface area is 152 Å². The van der Waals surface area contributed by atoms with E-state index in [4.69, 9.17) is 0 Å². The molecule has 0 heterocycles. The van der Waals surface area contributed by atoms with Gasteiger partial charge in [-0.25, -0.2) is 0 Å². The summed E-state index contributed by atoms with van der Waals surface area (Å²) in [5, 5.41) is 0. The third-order valence-corrected chi connectivity index (χ3v) is 6.52. The van der Waals surface area contributed by atoms with Crippen LogP contribution < -0.4 is 0 Å². The molecular weight excluding hydrogens is 288 g/mol. The van der Waals surface area contributed by atoms with Gasteiger partial charge in [0.25, 0.3) is 0 Å². The fourth-order valence-corrected chi connectivity index (χ4v) is 4.81. The second-order valence-corrected chi connectivity index (χ2v) is 8.62. The summed E-state index contributed by atoms with van der Waals surface area (Å²) in [5.74, 6) is 3.90. The van der Waals surface area contributed by atoms with Crippen LogP contribution in [0.4, 0.5) is 0 Å². The summed E-state index contributed by atoms with van der Waals surface area (Å²) in [6.45, 7) is 4.61. The average Bonchev–Trinajstić information content (AvgIpc) is 2.62. The Balaban J connectivity index is 1.54. The molecule has 0 atom stereocenters. The predicted molar refractivity (Wildman–Crippen MR) is 108 cm³/mol. The Morgan fingerprint density at radius 3 is 1.71 bits per heavy atom. The van der Waals surface area contributed by atoms with Crippen LogP contribution in [0.15, 0.2) is 24.3 Å². The molecule has 2 aliphatic carbocycles. The maximum atomic E-state index is 2.53. The van der Waals surface area contributed by atoms with Gasteiger partial charge < -0.3 is 0 Å². The first kappa shape index (κ1) is 19.8. The maximum Gasteiger partial charge on any atom is -0.0233 e. The topological polar surface area (TPSA) is 0 Å². The highest BCUT2D eigenvalue weighted by atomic mass is 14.3. The molecule has 0 aliphatic heterocycles. The highest BCUT2D eigenvalue weighted by Crippen LogP contribution is 2.34. The predicted octanol–water partition coefficient (Wildman–Crippen LogP) is 8.09. The molecule has 24 heavy (non-hydrogen) atoms. The SMILES string of the molecule is CCC/C=C/[C@H]1CC[C@H](C/C=C\C[C@H]2CC[C@H](CCC)CC2)CC1. The molecule has 0 saturated heterocycles. The third-order valence-electron chi connectivity index (χ3n) is 6.52. The Kier molecular flexibility index (Phi) is 9.85. The Morgan fingerprint density at radius 1 is 0.625 bits per heavy atom. The quantitative estimate of drug-likeness (QED) is 0.375. The van der Waals surface area contributed by atoms with Gasteiger partial charge in [0.1, 0.15) is 0 Å². The van der Waals surface area contributed by atoms with Crippen molar-refractivity contribution in [3.05, 3.63) is 24.3 Å². The molecule has 0 N–H and O–H groups in total. The second kappa shape index (κ2) is 11.9. The lowest BCUT2D eigenvalue weighted by molar-refractivity contribution is 0.263. The van der Waals surface area contributed by atoms with E-state index >= 15 is 0 Å². The van der Waals surface area contributed by atoms with Crippen molar-refractivity contribution in [3.8, 4) is 0 Å². The number of allylic oxidation sites excluding steroid dienone is 4. The van der Waals surface area contributed by atoms with Crippen LogP contribution in [0.2, 0.25) is 0 Å². The zero-order valence-corrected chi connectivity index (χ0v) is 16.5. The first-order chi connectivity index (χ1) is 11.8. The lowest BCUT2D eigenvalue weighted by Gasteiger charge is -2.28. The largest absolute Gasteiger partial charge is 0.0883 e. The van der Waals surface area contributed by atoms with Gasteiger partial charge in [-0.1, -0.05) is 70.3 Å². The van der Waals surface area contributed by atoms with E-state index in [0.717, 1.165) is 23.7 Å². The van der Waals surface area contributed by atoms with Crippen molar-refractivity contribution in [2.45, 2.75) is 104 Å². The minimum absolute atomic E-state index is 0.884. The van der Waals surface area contributed by atoms with E-state index < -0.39 is 0 Å². The summed E-state index contributed by atoms with van der Waals surface area (Å²) in [7, 11) is 0. The number of hydrogen-bond acceptors (Lipinski definition) is 0. The first-order valence-electron chi connectivity index (χ1n) is 11.1. The van der Waals surface area contributed by atoms with Crippen molar-refractivity contribution in [2.24, 2.45) is 23.7 Å². The highest BCUT2D eigenvalue weighted by molar-refractivity contribution is 4.93. The van der Waals surface area contributed by atoms with Crippen LogP contribution in [-0.4, -0.2) is 0 Å². The molecule has 0 unspecified atom stereocenters. The fourth-order valence-electron chi connectivity index (χ4n) is 4.81. The smallest absolute Gasteiger partial charge is 0.0233 e. The van der Waals surface area contributed by atoms with Gasteiger partial charge in [-0.05, 0) is 81.5 Å². The molecule has 0 aromatic carbocycles. The molecule has 0 aromatic rings. The monoisotopic (exact) mass is 330 g/mol. The van der Waals surface area contributed by atoms with Gasteiger partial charge in [0.2, 0.25) is 0 Å². The molecule has 138 valence electrons. The molecule has 0 bridgehead atoms. The summed E-state index contributed by atoms with van der Waals surface area (Å²) >= 11 is 0. The number of hydrogen-bond donors (Lipinski definition) is 0. The van der Waals surface area contributed by atoms with Crippen molar-refractivity contribution >= 4 is 0 Å². The zero-order valence-electron chi connectivity index (χ0n) is 16.5. The molecule has 0 aromatic heterocycles. The lowest BCUT2D eigenvalue weighted by Crippen LogP contribution is -2.14. The number of unbranched alkanes of at least 4 members (excludes halogenated alkanes) is 1. The van der Waals surface area contributed by atoms with Crippen LogP contribution in [0.5, 0.6) is 0 Å². The van der Waals surface area contributed by atoms with E-state index in [1.165, 1.54) is 89.9 Å². The minimum atomic E-state index is 0.884. The minimum Gasteiger partial charge on any atom is -0.0883 e. The van der Waals surface area contributed by atoms with Crippen LogP contribution in [0.3, 0.4) is 0 Å². The van der Waals surface area contributed by atoms with E-state index in [1.54, 1.807) is 0 Å². The molecule has 0 heteroatoms. The van der Waals surface area contributed by atoms with Crippen LogP contribution >= 0.6 is 0 Å². The summed E-state index contributed by atoms with van der Waals surface area (Å²) in [5.41, 5.74) is 0. The second-order valence-electron chi connectivity index (χ2n) is 8.62. The van der Waals surface area contributed by atoms with E-state index in [1.807, 2.05) is 0 Å². The molecule has 0 radical (unpaired) electrons. The Morgan fingerprint density at radius 2 is 1.17 bits per heavy atom. The summed E-state index contributed by atoms with van der Waals surface area (Å²) in [6.07, 6.45) is 29.8. The van der Waals surface area contributed by atoms with Gasteiger partial charge in [-0.15, -0.1) is 0 Å². The Bertz CT molecular complexity index is 348. The van der Waals surface area contributed by atoms with Crippen LogP contribution in [-0.2, 0) is 0 Å². The molecule has 0 spiro atoms. The number of rotatable bonds is 9. The van der Waals surface area contributed by atoms with E-state index in [0.29, 0.717) is 0 Å². The van der Waals surface area contributed by atoms with Crippen molar-refractivity contribution in [1.82, 2.24) is 0 Å². The van der Waals surface area contributed by atoms with Crippen molar-refractivity contribution in [1.29, 1.82) is 0 Å². The van der Waals surface area contributed by atoms with Gasteiger partial charge >= 0.3 is 0 Å². The molecule has 2 fully saturated rings. The molecular formula is C24H42.